The van der Waals surface area contributed by atoms with Crippen molar-refractivity contribution in [1.82, 2.24) is 5.32 Å². The number of carbonyl (C=O) groups excluding carboxylic acids is 2. The number of halogens is 1. The van der Waals surface area contributed by atoms with Crippen molar-refractivity contribution in [1.29, 1.82) is 0 Å². The second kappa shape index (κ2) is 11.4. The molecule has 0 aromatic heterocycles. The first kappa shape index (κ1) is 26.3. The zero-order chi connectivity index (χ0) is 25.7. The SMILES string of the molecule is CCOC(=O)N1c2cc(OC)c(OC)cc2C(CNC(=O)c2ccc(OC)c(OC)c2Cl)CC1C. The van der Waals surface area contributed by atoms with Crippen molar-refractivity contribution in [2.45, 2.75) is 32.2 Å². The summed E-state index contributed by atoms with van der Waals surface area (Å²) in [6.45, 7) is 4.28. The number of methoxy groups -OCH3 is 4. The molecular formula is C25H31ClN2O7. The number of rotatable bonds is 8. The van der Waals surface area contributed by atoms with Crippen LogP contribution in [-0.4, -0.2) is 59.6 Å². The first-order valence-corrected chi connectivity index (χ1v) is 11.6. The molecule has 2 amide bonds. The van der Waals surface area contributed by atoms with Gasteiger partial charge in [-0.25, -0.2) is 4.79 Å². The van der Waals surface area contributed by atoms with Gasteiger partial charge in [-0.3, -0.25) is 9.69 Å². The summed E-state index contributed by atoms with van der Waals surface area (Å²) in [6.07, 6.45) is 0.161. The van der Waals surface area contributed by atoms with Crippen LogP contribution in [0.5, 0.6) is 23.0 Å². The number of anilines is 1. The molecule has 0 fully saturated rings. The first-order valence-electron chi connectivity index (χ1n) is 11.2. The summed E-state index contributed by atoms with van der Waals surface area (Å²) in [5.74, 6) is 1.30. The molecule has 2 aromatic carbocycles. The molecule has 10 heteroatoms. The Morgan fingerprint density at radius 2 is 1.69 bits per heavy atom. The van der Waals surface area contributed by atoms with Gasteiger partial charge in [0.2, 0.25) is 0 Å². The molecule has 0 saturated carbocycles. The average molecular weight is 507 g/mol. The lowest BCUT2D eigenvalue weighted by Crippen LogP contribution is -2.45. The topological polar surface area (TPSA) is 95.6 Å². The zero-order valence-corrected chi connectivity index (χ0v) is 21.5. The minimum atomic E-state index is -0.437. The summed E-state index contributed by atoms with van der Waals surface area (Å²) in [4.78, 5) is 27.4. The molecule has 0 aliphatic carbocycles. The highest BCUT2D eigenvalue weighted by molar-refractivity contribution is 6.35. The molecule has 2 aromatic rings. The molecule has 1 aliphatic heterocycles. The van der Waals surface area contributed by atoms with Crippen LogP contribution in [0.15, 0.2) is 24.3 Å². The van der Waals surface area contributed by atoms with Crippen LogP contribution in [0.2, 0.25) is 5.02 Å². The van der Waals surface area contributed by atoms with Crippen LogP contribution >= 0.6 is 11.6 Å². The molecule has 0 bridgehead atoms. The van der Waals surface area contributed by atoms with E-state index in [1.807, 2.05) is 13.0 Å². The predicted molar refractivity (Wildman–Crippen MR) is 133 cm³/mol. The molecule has 2 unspecified atom stereocenters. The predicted octanol–water partition coefficient (Wildman–Crippen LogP) is 4.64. The Hall–Kier alpha value is -3.33. The molecule has 35 heavy (non-hydrogen) atoms. The molecule has 2 atom stereocenters. The summed E-state index contributed by atoms with van der Waals surface area (Å²) in [5, 5.41) is 3.14. The lowest BCUT2D eigenvalue weighted by atomic mass is 9.85. The van der Waals surface area contributed by atoms with Crippen molar-refractivity contribution >= 4 is 29.3 Å². The van der Waals surface area contributed by atoms with Crippen LogP contribution < -0.4 is 29.2 Å². The van der Waals surface area contributed by atoms with Crippen LogP contribution in [0, 0.1) is 0 Å². The maximum Gasteiger partial charge on any atom is 0.414 e. The fraction of sp³-hybridized carbons (Fsp3) is 0.440. The zero-order valence-electron chi connectivity index (χ0n) is 20.8. The second-order valence-electron chi connectivity index (χ2n) is 7.99. The normalized spacial score (nSPS) is 16.7. The fourth-order valence-corrected chi connectivity index (χ4v) is 4.66. The van der Waals surface area contributed by atoms with Crippen molar-refractivity contribution in [3.05, 3.63) is 40.4 Å². The third-order valence-corrected chi connectivity index (χ3v) is 6.38. The highest BCUT2D eigenvalue weighted by Gasteiger charge is 2.36. The number of nitrogens with one attached hydrogen (secondary N) is 1. The van der Waals surface area contributed by atoms with E-state index >= 15 is 0 Å². The quantitative estimate of drug-likeness (QED) is 0.557. The number of hydrogen-bond donors (Lipinski definition) is 1. The van der Waals surface area contributed by atoms with E-state index in [9.17, 15) is 9.59 Å². The molecule has 0 saturated heterocycles. The van der Waals surface area contributed by atoms with Gasteiger partial charge in [-0.2, -0.15) is 0 Å². The maximum absolute atomic E-state index is 13.0. The number of fused-ring (bicyclic) bond motifs is 1. The molecule has 190 valence electrons. The third kappa shape index (κ3) is 5.19. The Morgan fingerprint density at radius 1 is 1.03 bits per heavy atom. The van der Waals surface area contributed by atoms with Gasteiger partial charge in [0.05, 0.1) is 51.3 Å². The maximum atomic E-state index is 13.0. The summed E-state index contributed by atoms with van der Waals surface area (Å²) in [5.41, 5.74) is 1.77. The molecule has 1 N–H and O–H groups in total. The van der Waals surface area contributed by atoms with Gasteiger partial charge in [-0.05, 0) is 44.0 Å². The van der Waals surface area contributed by atoms with E-state index in [2.05, 4.69) is 5.32 Å². The lowest BCUT2D eigenvalue weighted by molar-refractivity contribution is 0.0949. The van der Waals surface area contributed by atoms with Gasteiger partial charge in [0.15, 0.2) is 23.0 Å². The standard InChI is InChI=1S/C25H31ClN2O7/c1-7-35-25(30)28-14(2)10-15(17-11-20(32-4)21(33-5)12-18(17)28)13-27-24(29)16-8-9-19(31-3)23(34-6)22(16)26/h8-9,11-12,14-15H,7,10,13H2,1-6H3,(H,27,29). The Morgan fingerprint density at radius 3 is 2.29 bits per heavy atom. The van der Waals surface area contributed by atoms with Gasteiger partial charge in [-0.15, -0.1) is 0 Å². The van der Waals surface area contributed by atoms with Crippen molar-refractivity contribution in [2.24, 2.45) is 0 Å². The van der Waals surface area contributed by atoms with Crippen LogP contribution in [0.3, 0.4) is 0 Å². The number of nitrogens with zero attached hydrogens (tertiary/aromatic N) is 1. The van der Waals surface area contributed by atoms with Gasteiger partial charge >= 0.3 is 6.09 Å². The van der Waals surface area contributed by atoms with E-state index in [4.69, 9.17) is 35.3 Å². The van der Waals surface area contributed by atoms with Crippen LogP contribution in [0.1, 0.15) is 42.1 Å². The van der Waals surface area contributed by atoms with Crippen LogP contribution in [0.4, 0.5) is 10.5 Å². The first-order chi connectivity index (χ1) is 16.8. The number of ether oxygens (including phenoxy) is 5. The Labute approximate surface area is 210 Å². The van der Waals surface area contributed by atoms with E-state index in [1.54, 1.807) is 37.1 Å². The molecule has 0 spiro atoms. The summed E-state index contributed by atoms with van der Waals surface area (Å²) in [7, 11) is 6.05. The monoisotopic (exact) mass is 506 g/mol. The van der Waals surface area contributed by atoms with Crippen LogP contribution in [0.25, 0.3) is 0 Å². The minimum absolute atomic E-state index is 0.103. The highest BCUT2D eigenvalue weighted by Crippen LogP contribution is 2.44. The fourth-order valence-electron chi connectivity index (χ4n) is 4.34. The minimum Gasteiger partial charge on any atom is -0.493 e. The molecular weight excluding hydrogens is 476 g/mol. The lowest BCUT2D eigenvalue weighted by Gasteiger charge is -2.39. The van der Waals surface area contributed by atoms with Gasteiger partial charge < -0.3 is 29.0 Å². The van der Waals surface area contributed by atoms with E-state index in [1.165, 1.54) is 21.3 Å². The largest absolute Gasteiger partial charge is 0.493 e. The van der Waals surface area contributed by atoms with Crippen LogP contribution in [-0.2, 0) is 4.74 Å². The van der Waals surface area contributed by atoms with E-state index in [0.717, 1.165) is 5.56 Å². The van der Waals surface area contributed by atoms with Gasteiger partial charge in [0, 0.05) is 24.6 Å². The molecule has 3 rings (SSSR count). The third-order valence-electron chi connectivity index (χ3n) is 6.00. The smallest absolute Gasteiger partial charge is 0.414 e. The van der Waals surface area contributed by atoms with E-state index < -0.39 is 6.09 Å². The number of carbonyl (C=O) groups is 2. The average Bonchev–Trinajstić information content (AvgIpc) is 2.85. The number of benzene rings is 2. The van der Waals surface area contributed by atoms with Crippen molar-refractivity contribution < 1.29 is 33.3 Å². The molecule has 1 heterocycles. The van der Waals surface area contributed by atoms with E-state index in [0.29, 0.717) is 41.7 Å². The number of amides is 2. The van der Waals surface area contributed by atoms with Crippen molar-refractivity contribution in [3.8, 4) is 23.0 Å². The Balaban J connectivity index is 1.92. The summed E-state index contributed by atoms with van der Waals surface area (Å²) < 4.78 is 26.8. The van der Waals surface area contributed by atoms with Gasteiger partial charge in [0.1, 0.15) is 0 Å². The van der Waals surface area contributed by atoms with Gasteiger partial charge in [-0.1, -0.05) is 11.6 Å². The molecule has 0 radical (unpaired) electrons. The second-order valence-corrected chi connectivity index (χ2v) is 8.37. The Bertz CT molecular complexity index is 1090. The summed E-state index contributed by atoms with van der Waals surface area (Å²) >= 11 is 6.42. The highest BCUT2D eigenvalue weighted by atomic mass is 35.5. The summed E-state index contributed by atoms with van der Waals surface area (Å²) in [6, 6.07) is 6.65. The van der Waals surface area contributed by atoms with E-state index in [-0.39, 0.29) is 35.1 Å². The van der Waals surface area contributed by atoms with Crippen molar-refractivity contribution in [2.75, 3.05) is 46.5 Å². The Kier molecular flexibility index (Phi) is 8.56. The van der Waals surface area contributed by atoms with Gasteiger partial charge in [0.25, 0.3) is 5.91 Å². The van der Waals surface area contributed by atoms with Crippen molar-refractivity contribution in [3.63, 3.8) is 0 Å². The molecule has 9 nitrogen and oxygen atoms in total. The number of hydrogen-bond acceptors (Lipinski definition) is 7. The molecule has 1 aliphatic rings.